The van der Waals surface area contributed by atoms with Crippen LogP contribution in [0.15, 0.2) is 18.3 Å². The number of pyridine rings is 1. The Labute approximate surface area is 93.3 Å². The lowest BCUT2D eigenvalue weighted by Crippen LogP contribution is -2.31. The minimum atomic E-state index is -0.285. The minimum Gasteiger partial charge on any atom is -0.397 e. The van der Waals surface area contributed by atoms with Crippen molar-refractivity contribution < 1.29 is 9.59 Å². The minimum absolute atomic E-state index is 0.199. The smallest absolute Gasteiger partial charge is 0.238 e. The summed E-state index contributed by atoms with van der Waals surface area (Å²) in [5.41, 5.74) is 6.00. The van der Waals surface area contributed by atoms with Crippen molar-refractivity contribution in [1.82, 2.24) is 4.98 Å². The summed E-state index contributed by atoms with van der Waals surface area (Å²) in [7, 11) is 0. The molecular weight excluding hydrogens is 206 g/mol. The van der Waals surface area contributed by atoms with Crippen molar-refractivity contribution in [1.29, 1.82) is 0 Å². The van der Waals surface area contributed by atoms with E-state index in [4.69, 9.17) is 5.73 Å². The Balaban J connectivity index is 2.38. The highest BCUT2D eigenvalue weighted by Gasteiger charge is 2.43. The summed E-state index contributed by atoms with van der Waals surface area (Å²) in [6.07, 6.45) is 1.43. The molecule has 0 radical (unpaired) electrons. The van der Waals surface area contributed by atoms with Crippen molar-refractivity contribution in [2.24, 2.45) is 11.8 Å². The van der Waals surface area contributed by atoms with E-state index < -0.39 is 0 Å². The molecule has 5 heteroatoms. The average Bonchev–Trinajstić information content (AvgIpc) is 2.46. The summed E-state index contributed by atoms with van der Waals surface area (Å²) in [5, 5.41) is 0. The van der Waals surface area contributed by atoms with Crippen molar-refractivity contribution in [2.75, 3.05) is 10.6 Å². The molecule has 0 saturated carbocycles. The number of aromatic nitrogens is 1. The normalized spacial score (nSPS) is 25.2. The summed E-state index contributed by atoms with van der Waals surface area (Å²) in [6.45, 7) is 3.50. The number of nitrogen functional groups attached to an aromatic ring is 1. The number of carbonyl (C=O) groups is 2. The molecule has 2 N–H and O–H groups in total. The molecule has 2 amide bonds. The molecule has 16 heavy (non-hydrogen) atoms. The van der Waals surface area contributed by atoms with Gasteiger partial charge in [-0.3, -0.25) is 9.59 Å². The number of rotatable bonds is 1. The SMILES string of the molecule is CC1C(=O)N(c2ccc(N)cn2)C(=O)C1C. The van der Waals surface area contributed by atoms with Crippen LogP contribution in [0, 0.1) is 11.8 Å². The first kappa shape index (κ1) is 10.6. The van der Waals surface area contributed by atoms with E-state index >= 15 is 0 Å². The second-order valence-electron chi connectivity index (χ2n) is 4.04. The third-order valence-corrected chi connectivity index (χ3v) is 2.97. The van der Waals surface area contributed by atoms with Gasteiger partial charge in [-0.25, -0.2) is 9.88 Å². The Morgan fingerprint density at radius 3 is 2.19 bits per heavy atom. The molecule has 0 aromatic carbocycles. The molecule has 1 aromatic rings. The van der Waals surface area contributed by atoms with E-state index in [1.165, 1.54) is 6.20 Å². The molecule has 1 aromatic heterocycles. The zero-order valence-electron chi connectivity index (χ0n) is 9.18. The Kier molecular flexibility index (Phi) is 2.38. The van der Waals surface area contributed by atoms with Crippen LogP contribution in [0.2, 0.25) is 0 Å². The molecule has 1 fully saturated rings. The molecule has 1 saturated heterocycles. The van der Waals surface area contributed by atoms with Gasteiger partial charge in [-0.1, -0.05) is 13.8 Å². The van der Waals surface area contributed by atoms with Crippen LogP contribution in [-0.4, -0.2) is 16.8 Å². The van der Waals surface area contributed by atoms with Crippen molar-refractivity contribution in [3.8, 4) is 0 Å². The van der Waals surface area contributed by atoms with Crippen LogP contribution in [0.4, 0.5) is 11.5 Å². The zero-order valence-corrected chi connectivity index (χ0v) is 9.18. The molecule has 0 bridgehead atoms. The lowest BCUT2D eigenvalue weighted by Gasteiger charge is -2.12. The number of amides is 2. The number of imide groups is 1. The van der Waals surface area contributed by atoms with Crippen molar-refractivity contribution in [2.45, 2.75) is 13.8 Å². The van der Waals surface area contributed by atoms with Crippen molar-refractivity contribution in [3.05, 3.63) is 18.3 Å². The molecule has 2 heterocycles. The maximum atomic E-state index is 11.8. The number of anilines is 2. The molecule has 1 aliphatic rings. The Morgan fingerprint density at radius 1 is 1.19 bits per heavy atom. The number of hydrogen-bond donors (Lipinski definition) is 1. The van der Waals surface area contributed by atoms with Gasteiger partial charge in [0.15, 0.2) is 0 Å². The van der Waals surface area contributed by atoms with E-state index in [9.17, 15) is 9.59 Å². The molecule has 2 atom stereocenters. The van der Waals surface area contributed by atoms with Crippen LogP contribution in [0.5, 0.6) is 0 Å². The van der Waals surface area contributed by atoms with Crippen LogP contribution in [0.3, 0.4) is 0 Å². The third-order valence-electron chi connectivity index (χ3n) is 2.97. The van der Waals surface area contributed by atoms with E-state index in [-0.39, 0.29) is 23.7 Å². The van der Waals surface area contributed by atoms with Crippen LogP contribution < -0.4 is 10.6 Å². The topological polar surface area (TPSA) is 76.3 Å². The molecule has 0 spiro atoms. The monoisotopic (exact) mass is 219 g/mol. The Morgan fingerprint density at radius 2 is 1.75 bits per heavy atom. The van der Waals surface area contributed by atoms with Gasteiger partial charge < -0.3 is 5.73 Å². The molecule has 2 rings (SSSR count). The van der Waals surface area contributed by atoms with Gasteiger partial charge in [0.25, 0.3) is 0 Å². The van der Waals surface area contributed by atoms with Crippen molar-refractivity contribution >= 4 is 23.3 Å². The fourth-order valence-corrected chi connectivity index (χ4v) is 1.70. The highest BCUT2D eigenvalue weighted by atomic mass is 16.2. The number of nitrogens with zero attached hydrogens (tertiary/aromatic N) is 2. The van der Waals surface area contributed by atoms with Gasteiger partial charge in [0.1, 0.15) is 5.82 Å². The van der Waals surface area contributed by atoms with Crippen LogP contribution >= 0.6 is 0 Å². The van der Waals surface area contributed by atoms with E-state index in [1.807, 2.05) is 0 Å². The molecule has 5 nitrogen and oxygen atoms in total. The fourth-order valence-electron chi connectivity index (χ4n) is 1.70. The summed E-state index contributed by atoms with van der Waals surface area (Å²) in [5.74, 6) is -0.622. The summed E-state index contributed by atoms with van der Waals surface area (Å²) in [4.78, 5) is 28.8. The summed E-state index contributed by atoms with van der Waals surface area (Å²) >= 11 is 0. The maximum Gasteiger partial charge on any atom is 0.238 e. The maximum absolute atomic E-state index is 11.8. The van der Waals surface area contributed by atoms with Gasteiger partial charge >= 0.3 is 0 Å². The van der Waals surface area contributed by atoms with Gasteiger partial charge in [0, 0.05) is 11.8 Å². The largest absolute Gasteiger partial charge is 0.397 e. The standard InChI is InChI=1S/C11H13N3O2/c1-6-7(2)11(16)14(10(6)15)9-4-3-8(12)5-13-9/h3-7H,12H2,1-2H3. The number of carbonyl (C=O) groups excluding carboxylic acids is 2. The Hall–Kier alpha value is -1.91. The third kappa shape index (κ3) is 1.44. The lowest BCUT2D eigenvalue weighted by molar-refractivity contribution is -0.122. The van der Waals surface area contributed by atoms with Crippen LogP contribution in [0.25, 0.3) is 0 Å². The second kappa shape index (κ2) is 3.59. The van der Waals surface area contributed by atoms with Gasteiger partial charge in [-0.2, -0.15) is 0 Å². The van der Waals surface area contributed by atoms with Gasteiger partial charge in [-0.15, -0.1) is 0 Å². The highest BCUT2D eigenvalue weighted by Crippen LogP contribution is 2.29. The first-order valence-corrected chi connectivity index (χ1v) is 5.11. The van der Waals surface area contributed by atoms with E-state index in [2.05, 4.69) is 4.98 Å². The van der Waals surface area contributed by atoms with Crippen LogP contribution in [0.1, 0.15) is 13.8 Å². The first-order valence-electron chi connectivity index (χ1n) is 5.11. The summed E-state index contributed by atoms with van der Waals surface area (Å²) < 4.78 is 0. The molecule has 1 aliphatic heterocycles. The number of hydrogen-bond acceptors (Lipinski definition) is 4. The lowest BCUT2D eigenvalue weighted by atomic mass is 10.00. The first-order chi connectivity index (χ1) is 7.52. The predicted octanol–water partition coefficient (Wildman–Crippen LogP) is 0.809. The fraction of sp³-hybridized carbons (Fsp3) is 0.364. The summed E-state index contributed by atoms with van der Waals surface area (Å²) in [6, 6.07) is 3.20. The molecule has 2 unspecified atom stereocenters. The van der Waals surface area contributed by atoms with E-state index in [1.54, 1.807) is 26.0 Å². The highest BCUT2D eigenvalue weighted by molar-refractivity contribution is 6.21. The quantitative estimate of drug-likeness (QED) is 0.709. The zero-order chi connectivity index (χ0) is 11.9. The predicted molar refractivity (Wildman–Crippen MR) is 59.5 cm³/mol. The molecule has 0 aliphatic carbocycles. The average molecular weight is 219 g/mol. The second-order valence-corrected chi connectivity index (χ2v) is 4.04. The molecular formula is C11H13N3O2. The van der Waals surface area contributed by atoms with Gasteiger partial charge in [0.05, 0.1) is 11.9 Å². The van der Waals surface area contributed by atoms with Gasteiger partial charge in [-0.05, 0) is 12.1 Å². The number of nitrogens with two attached hydrogens (primary N) is 1. The van der Waals surface area contributed by atoms with Gasteiger partial charge in [0.2, 0.25) is 11.8 Å². The van der Waals surface area contributed by atoms with Crippen molar-refractivity contribution in [3.63, 3.8) is 0 Å². The molecule has 84 valence electrons. The van der Waals surface area contributed by atoms with Crippen LogP contribution in [-0.2, 0) is 9.59 Å². The van der Waals surface area contributed by atoms with E-state index in [0.29, 0.717) is 11.5 Å². The van der Waals surface area contributed by atoms with E-state index in [0.717, 1.165) is 4.90 Å². The Bertz CT molecular complexity index is 421.